The molecule has 0 aliphatic rings. The van der Waals surface area contributed by atoms with E-state index in [4.69, 9.17) is 14.2 Å². The van der Waals surface area contributed by atoms with Crippen molar-refractivity contribution in [1.82, 2.24) is 4.98 Å². The first-order valence-corrected chi connectivity index (χ1v) is 10.1. The Morgan fingerprint density at radius 1 is 0.875 bits per heavy atom. The highest BCUT2D eigenvalue weighted by Gasteiger charge is 2.13. The number of amides is 2. The number of benzene rings is 2. The van der Waals surface area contributed by atoms with Gasteiger partial charge >= 0.3 is 0 Å². The van der Waals surface area contributed by atoms with Gasteiger partial charge in [-0.1, -0.05) is 0 Å². The summed E-state index contributed by atoms with van der Waals surface area (Å²) in [4.78, 5) is 28.3. The fourth-order valence-electron chi connectivity index (χ4n) is 2.85. The first-order valence-electron chi connectivity index (χ1n) is 10.1. The van der Waals surface area contributed by atoms with Crippen LogP contribution in [-0.2, 0) is 16.1 Å². The highest BCUT2D eigenvalue weighted by Crippen LogP contribution is 2.29. The van der Waals surface area contributed by atoms with Crippen molar-refractivity contribution in [2.24, 2.45) is 0 Å². The molecule has 0 fully saturated rings. The third-order valence-corrected chi connectivity index (χ3v) is 4.35. The van der Waals surface area contributed by atoms with Crippen LogP contribution in [0.3, 0.4) is 0 Å². The first-order chi connectivity index (χ1) is 15.6. The smallest absolute Gasteiger partial charge is 0.255 e. The van der Waals surface area contributed by atoms with E-state index in [0.717, 1.165) is 5.56 Å². The summed E-state index contributed by atoms with van der Waals surface area (Å²) in [5.74, 6) is 0.503. The molecule has 0 saturated carbocycles. The van der Waals surface area contributed by atoms with Crippen LogP contribution in [-0.4, -0.2) is 37.1 Å². The van der Waals surface area contributed by atoms with Gasteiger partial charge in [0.05, 0.1) is 6.61 Å². The van der Waals surface area contributed by atoms with Crippen LogP contribution in [0.25, 0.3) is 0 Å². The van der Waals surface area contributed by atoms with Gasteiger partial charge in [0.25, 0.3) is 5.91 Å². The molecule has 0 saturated heterocycles. The summed E-state index contributed by atoms with van der Waals surface area (Å²) in [6.07, 6.45) is 3.41. The van der Waals surface area contributed by atoms with Gasteiger partial charge in [0.2, 0.25) is 5.91 Å². The number of anilines is 2. The zero-order chi connectivity index (χ0) is 22.8. The highest BCUT2D eigenvalue weighted by atomic mass is 16.5. The second-order valence-corrected chi connectivity index (χ2v) is 6.75. The van der Waals surface area contributed by atoms with E-state index in [9.17, 15) is 9.59 Å². The minimum Gasteiger partial charge on any atom is -0.490 e. The van der Waals surface area contributed by atoms with E-state index in [1.165, 1.54) is 7.11 Å². The van der Waals surface area contributed by atoms with Crippen molar-refractivity contribution in [3.63, 3.8) is 0 Å². The van der Waals surface area contributed by atoms with Gasteiger partial charge in [0.1, 0.15) is 13.2 Å². The zero-order valence-corrected chi connectivity index (χ0v) is 18.0. The molecule has 166 valence electrons. The minimum atomic E-state index is -0.289. The topological polar surface area (TPSA) is 98.8 Å². The van der Waals surface area contributed by atoms with Crippen molar-refractivity contribution in [3.8, 4) is 11.5 Å². The van der Waals surface area contributed by atoms with Crippen LogP contribution in [0.4, 0.5) is 11.4 Å². The molecule has 32 heavy (non-hydrogen) atoms. The minimum absolute atomic E-state index is 0.0249. The number of hydrogen-bond acceptors (Lipinski definition) is 6. The van der Waals surface area contributed by atoms with Crippen LogP contribution in [0.2, 0.25) is 0 Å². The Hall–Kier alpha value is -3.91. The molecule has 0 radical (unpaired) electrons. The fourth-order valence-corrected chi connectivity index (χ4v) is 2.85. The predicted molar refractivity (Wildman–Crippen MR) is 121 cm³/mol. The van der Waals surface area contributed by atoms with E-state index in [2.05, 4.69) is 15.6 Å². The lowest BCUT2D eigenvalue weighted by Gasteiger charge is -2.14. The molecule has 3 rings (SSSR count). The summed E-state index contributed by atoms with van der Waals surface area (Å²) in [5, 5.41) is 5.53. The van der Waals surface area contributed by atoms with Crippen LogP contribution in [0.15, 0.2) is 67.0 Å². The molecule has 2 amide bonds. The van der Waals surface area contributed by atoms with E-state index in [-0.39, 0.29) is 18.4 Å². The average Bonchev–Trinajstić information content (AvgIpc) is 2.80. The number of methoxy groups -OCH3 is 1. The molecule has 0 aliphatic heterocycles. The first kappa shape index (κ1) is 22.8. The Morgan fingerprint density at radius 3 is 2.22 bits per heavy atom. The Kier molecular flexibility index (Phi) is 8.16. The van der Waals surface area contributed by atoms with E-state index in [1.54, 1.807) is 54.9 Å². The van der Waals surface area contributed by atoms with Gasteiger partial charge in [0, 0.05) is 36.4 Å². The lowest BCUT2D eigenvalue weighted by Crippen LogP contribution is -2.17. The molecule has 1 heterocycles. The Bertz CT molecular complexity index is 1040. The molecule has 0 spiro atoms. The van der Waals surface area contributed by atoms with Gasteiger partial charge < -0.3 is 24.8 Å². The number of aromatic nitrogens is 1. The van der Waals surface area contributed by atoms with E-state index >= 15 is 0 Å². The lowest BCUT2D eigenvalue weighted by molar-refractivity contribution is -0.119. The SMILES string of the molecule is CCOc1cc(C(=O)Nc2ccc(NC(=O)COC)cc2)ccc1OCc1ccncc1. The van der Waals surface area contributed by atoms with Gasteiger partial charge in [0.15, 0.2) is 11.5 Å². The number of hydrogen-bond donors (Lipinski definition) is 2. The summed E-state index contributed by atoms with van der Waals surface area (Å²) in [7, 11) is 1.45. The van der Waals surface area contributed by atoms with Crippen molar-refractivity contribution in [2.45, 2.75) is 13.5 Å². The summed E-state index contributed by atoms with van der Waals surface area (Å²) < 4.78 is 16.3. The number of rotatable bonds is 10. The highest BCUT2D eigenvalue weighted by molar-refractivity contribution is 6.04. The van der Waals surface area contributed by atoms with Crippen molar-refractivity contribution in [1.29, 1.82) is 0 Å². The Labute approximate surface area is 186 Å². The number of pyridine rings is 1. The van der Waals surface area contributed by atoms with Crippen LogP contribution >= 0.6 is 0 Å². The summed E-state index contributed by atoms with van der Waals surface area (Å²) in [6.45, 7) is 2.64. The quantitative estimate of drug-likeness (QED) is 0.501. The fraction of sp³-hybridized carbons (Fsp3) is 0.208. The second-order valence-electron chi connectivity index (χ2n) is 6.75. The standard InChI is InChI=1S/C24H25N3O5/c1-3-31-22-14-18(4-9-21(22)32-15-17-10-12-25-13-11-17)24(29)27-20-7-5-19(6-8-20)26-23(28)16-30-2/h4-14H,3,15-16H2,1-2H3,(H,26,28)(H,27,29). The second kappa shape index (κ2) is 11.5. The molecule has 2 N–H and O–H groups in total. The molecule has 2 aromatic carbocycles. The number of carbonyl (C=O) groups excluding carboxylic acids is 2. The summed E-state index contributed by atoms with van der Waals surface area (Å²) >= 11 is 0. The van der Waals surface area contributed by atoms with Gasteiger partial charge in [-0.15, -0.1) is 0 Å². The number of nitrogens with zero attached hydrogens (tertiary/aromatic N) is 1. The van der Waals surface area contributed by atoms with Crippen molar-refractivity contribution in [3.05, 3.63) is 78.1 Å². The van der Waals surface area contributed by atoms with Crippen molar-refractivity contribution in [2.75, 3.05) is 31.0 Å². The molecule has 1 aromatic heterocycles. The Balaban J connectivity index is 1.65. The van der Waals surface area contributed by atoms with Crippen LogP contribution in [0.1, 0.15) is 22.8 Å². The maximum Gasteiger partial charge on any atom is 0.255 e. The number of nitrogens with one attached hydrogen (secondary N) is 2. The van der Waals surface area contributed by atoms with Gasteiger partial charge in [-0.05, 0) is 67.1 Å². The van der Waals surface area contributed by atoms with Crippen LogP contribution in [0, 0.1) is 0 Å². The molecule has 3 aromatic rings. The molecule has 0 aliphatic carbocycles. The maximum absolute atomic E-state index is 12.7. The Morgan fingerprint density at radius 2 is 1.56 bits per heavy atom. The molecule has 8 nitrogen and oxygen atoms in total. The molecule has 0 atom stereocenters. The van der Waals surface area contributed by atoms with Gasteiger partial charge in [-0.2, -0.15) is 0 Å². The third-order valence-electron chi connectivity index (χ3n) is 4.35. The molecule has 8 heteroatoms. The molecular formula is C24H25N3O5. The predicted octanol–water partition coefficient (Wildman–Crippen LogP) is 3.90. The summed E-state index contributed by atoms with van der Waals surface area (Å²) in [5.41, 5.74) is 2.61. The van der Waals surface area contributed by atoms with Gasteiger partial charge in [-0.25, -0.2) is 0 Å². The monoisotopic (exact) mass is 435 g/mol. The zero-order valence-electron chi connectivity index (χ0n) is 18.0. The van der Waals surface area contributed by atoms with E-state index < -0.39 is 0 Å². The number of carbonyl (C=O) groups is 2. The van der Waals surface area contributed by atoms with Gasteiger partial charge in [-0.3, -0.25) is 14.6 Å². The molecule has 0 unspecified atom stereocenters. The lowest BCUT2D eigenvalue weighted by atomic mass is 10.1. The normalized spacial score (nSPS) is 10.3. The molecule has 0 bridgehead atoms. The molecular weight excluding hydrogens is 410 g/mol. The van der Waals surface area contributed by atoms with E-state index in [0.29, 0.717) is 41.7 Å². The number of ether oxygens (including phenoxy) is 3. The average molecular weight is 435 g/mol. The largest absolute Gasteiger partial charge is 0.490 e. The van der Waals surface area contributed by atoms with Crippen LogP contribution < -0.4 is 20.1 Å². The summed E-state index contributed by atoms with van der Waals surface area (Å²) in [6, 6.07) is 15.6. The van der Waals surface area contributed by atoms with E-state index in [1.807, 2.05) is 19.1 Å². The van der Waals surface area contributed by atoms with Crippen molar-refractivity contribution < 1.29 is 23.8 Å². The maximum atomic E-state index is 12.7. The van der Waals surface area contributed by atoms with Crippen molar-refractivity contribution >= 4 is 23.2 Å². The third kappa shape index (κ3) is 6.55. The van der Waals surface area contributed by atoms with Crippen LogP contribution in [0.5, 0.6) is 11.5 Å².